The zero-order chi connectivity index (χ0) is 43.9. The summed E-state index contributed by atoms with van der Waals surface area (Å²) in [6.07, 6.45) is 8.51. The molecule has 2 aromatic carbocycles. The number of carbonyl (C=O) groups excluding carboxylic acids is 3. The van der Waals surface area contributed by atoms with Gasteiger partial charge in [-0.05, 0) is 39.2 Å². The molecule has 5 rings (SSSR count). The molecule has 59 heavy (non-hydrogen) atoms. The highest BCUT2D eigenvalue weighted by Gasteiger charge is 2.50. The summed E-state index contributed by atoms with van der Waals surface area (Å²) in [6, 6.07) is 0. The number of nitrogens with one attached hydrogen (secondary N) is 1. The number of methoxy groups -OCH3 is 1. The Morgan fingerprint density at radius 2 is 1.68 bits per heavy atom. The summed E-state index contributed by atoms with van der Waals surface area (Å²) in [4.78, 5) is 45.7. The highest BCUT2D eigenvalue weighted by Crippen LogP contribution is 2.55. The molecule has 3 aliphatic rings. The van der Waals surface area contributed by atoms with E-state index in [4.69, 9.17) is 23.8 Å². The van der Waals surface area contributed by atoms with Crippen molar-refractivity contribution in [2.45, 2.75) is 105 Å². The largest absolute Gasteiger partial charge is 0.507 e. The van der Waals surface area contributed by atoms with Gasteiger partial charge in [0.25, 0.3) is 11.7 Å². The monoisotopic (exact) mass is 822 g/mol. The summed E-state index contributed by atoms with van der Waals surface area (Å²) in [5.74, 6) is -8.64. The van der Waals surface area contributed by atoms with Crippen molar-refractivity contribution in [3.05, 3.63) is 65.5 Å². The van der Waals surface area contributed by atoms with Crippen LogP contribution in [0.1, 0.15) is 89.2 Å². The number of ketones is 1. The molecule has 322 valence electrons. The molecule has 15 heteroatoms. The number of unbranched alkanes of at least 4 members (excludes halogenated alkanes) is 2. The standard InChI is InChI=1S/C44H58N2O13/c1-11-12-13-14-19-57-45-21-29-34-39(52)32-31(38(29)51)33-41(27(7)37(32)50)59-44(9,42(33)53)56-20-18-30(55-10)24(4)40(58-28(8)47)26(6)36(49)25(5)35(48)22(2)16-15-17-23(3)43(54)46-34/h11,15-18,20-22,24-26,30,35-36,40,48-52H,1,12-14,19H2,2-10H3,(H,46,54)/b16-15?,20-18?,23-17?,45-21+. The summed E-state index contributed by atoms with van der Waals surface area (Å²) in [7, 11) is 1.43. The number of hydrogen-bond acceptors (Lipinski definition) is 14. The number of hydrogen-bond donors (Lipinski definition) is 6. The van der Waals surface area contributed by atoms with Crippen LogP contribution in [0.25, 0.3) is 10.8 Å². The van der Waals surface area contributed by atoms with E-state index in [2.05, 4.69) is 17.1 Å². The summed E-state index contributed by atoms with van der Waals surface area (Å²) >= 11 is 0. The van der Waals surface area contributed by atoms with E-state index in [1.54, 1.807) is 45.9 Å². The third-order valence-corrected chi connectivity index (χ3v) is 11.2. The summed E-state index contributed by atoms with van der Waals surface area (Å²) < 4.78 is 23.5. The van der Waals surface area contributed by atoms with Gasteiger partial charge < -0.3 is 54.6 Å². The van der Waals surface area contributed by atoms with Crippen molar-refractivity contribution in [1.29, 1.82) is 0 Å². The van der Waals surface area contributed by atoms with E-state index >= 15 is 0 Å². The molecule has 1 amide bonds. The van der Waals surface area contributed by atoms with E-state index in [0.717, 1.165) is 19.1 Å². The van der Waals surface area contributed by atoms with Gasteiger partial charge in [0, 0.05) is 61.2 Å². The minimum Gasteiger partial charge on any atom is -0.507 e. The Balaban J connectivity index is 1.94. The lowest BCUT2D eigenvalue weighted by Crippen LogP contribution is -2.46. The number of phenolic OH excluding ortho intramolecular Hbond substituents is 3. The SMILES string of the molecule is C=CCCCCO/N=C/c1c2c(O)c3c(O)c(C)c4c(c3c1O)C(=O)C(C)(OC=CC(OC)C(C)C(OC(C)=O)C(C)C(O)C(C)C(O)C(C)C=CC=C(C)C(=O)N2)O4. The van der Waals surface area contributed by atoms with Crippen LogP contribution in [0.4, 0.5) is 5.69 Å². The zero-order valence-corrected chi connectivity index (χ0v) is 35.1. The first kappa shape index (κ1) is 46.3. The minimum absolute atomic E-state index is 0.0332. The Kier molecular flexibility index (Phi) is 15.4. The van der Waals surface area contributed by atoms with Gasteiger partial charge in [-0.25, -0.2) is 0 Å². The van der Waals surface area contributed by atoms with Crippen molar-refractivity contribution in [2.24, 2.45) is 28.8 Å². The van der Waals surface area contributed by atoms with Crippen LogP contribution in [-0.2, 0) is 28.6 Å². The number of allylic oxidation sites excluding steroid dienone is 3. The summed E-state index contributed by atoms with van der Waals surface area (Å²) in [6.45, 7) is 16.3. The Morgan fingerprint density at radius 3 is 2.32 bits per heavy atom. The van der Waals surface area contributed by atoms with Gasteiger partial charge in [0.15, 0.2) is 5.75 Å². The predicted molar refractivity (Wildman–Crippen MR) is 221 cm³/mol. The molecular weight excluding hydrogens is 764 g/mol. The molecule has 0 saturated heterocycles. The quantitative estimate of drug-likeness (QED) is 0.0304. The molecular formula is C44H58N2O13. The Morgan fingerprint density at radius 1 is 0.983 bits per heavy atom. The average Bonchev–Trinajstić information content (AvgIpc) is 3.46. The second-order valence-electron chi connectivity index (χ2n) is 15.5. The second-order valence-corrected chi connectivity index (χ2v) is 15.5. The lowest BCUT2D eigenvalue weighted by atomic mass is 9.78. The number of aliphatic hydroxyl groups is 2. The maximum Gasteiger partial charge on any atom is 0.312 e. The maximum absolute atomic E-state index is 14.4. The Bertz CT molecular complexity index is 2040. The maximum atomic E-state index is 14.4. The van der Waals surface area contributed by atoms with Crippen molar-refractivity contribution >= 4 is 40.3 Å². The number of aliphatic hydroxyl groups excluding tert-OH is 2. The molecule has 0 spiro atoms. The Labute approximate surface area is 344 Å². The number of rotatable bonds is 9. The van der Waals surface area contributed by atoms with E-state index in [1.807, 2.05) is 0 Å². The van der Waals surface area contributed by atoms with Crippen LogP contribution in [0.3, 0.4) is 0 Å². The average molecular weight is 823 g/mol. The first-order chi connectivity index (χ1) is 27.8. The number of amides is 1. The molecule has 0 fully saturated rings. The van der Waals surface area contributed by atoms with Gasteiger partial charge in [0.05, 0.1) is 53.0 Å². The van der Waals surface area contributed by atoms with Gasteiger partial charge in [-0.15, -0.1) is 6.58 Å². The van der Waals surface area contributed by atoms with Gasteiger partial charge in [-0.1, -0.05) is 57.2 Å². The van der Waals surface area contributed by atoms with E-state index in [1.165, 1.54) is 53.2 Å². The predicted octanol–water partition coefficient (Wildman–Crippen LogP) is 6.46. The number of Topliss-reactive ketones (excluding diaryl/α,β-unsaturated/α-hetero) is 1. The lowest BCUT2D eigenvalue weighted by Gasteiger charge is -2.38. The molecule has 9 unspecified atom stereocenters. The number of ether oxygens (including phenoxy) is 4. The third-order valence-electron chi connectivity index (χ3n) is 11.2. The zero-order valence-electron chi connectivity index (χ0n) is 35.1. The van der Waals surface area contributed by atoms with Crippen molar-refractivity contribution in [3.63, 3.8) is 0 Å². The van der Waals surface area contributed by atoms with Gasteiger partial charge in [0.2, 0.25) is 0 Å². The molecule has 0 radical (unpaired) electrons. The number of esters is 1. The molecule has 15 nitrogen and oxygen atoms in total. The van der Waals surface area contributed by atoms with E-state index in [9.17, 15) is 39.9 Å². The van der Waals surface area contributed by atoms with Crippen LogP contribution in [0.5, 0.6) is 23.0 Å². The van der Waals surface area contributed by atoms with Crippen molar-refractivity contribution < 1.29 is 63.7 Å². The molecule has 0 saturated carbocycles. The van der Waals surface area contributed by atoms with E-state index in [0.29, 0.717) is 6.42 Å². The molecule has 3 heterocycles. The van der Waals surface area contributed by atoms with Crippen molar-refractivity contribution in [2.75, 3.05) is 19.0 Å². The first-order valence-corrected chi connectivity index (χ1v) is 19.7. The number of nitrogens with zero attached hydrogens (tertiary/aromatic N) is 1. The third kappa shape index (κ3) is 9.75. The van der Waals surface area contributed by atoms with Gasteiger partial charge in [0.1, 0.15) is 30.0 Å². The van der Waals surface area contributed by atoms with Crippen LogP contribution >= 0.6 is 0 Å². The van der Waals surface area contributed by atoms with Crippen LogP contribution in [-0.4, -0.2) is 93.3 Å². The molecule has 2 aromatic rings. The highest BCUT2D eigenvalue weighted by molar-refractivity contribution is 6.23. The molecule has 0 aromatic heterocycles. The van der Waals surface area contributed by atoms with Crippen molar-refractivity contribution in [1.82, 2.24) is 0 Å². The normalized spacial score (nSPS) is 28.0. The number of aromatic hydroxyl groups is 3. The highest BCUT2D eigenvalue weighted by atomic mass is 16.7. The van der Waals surface area contributed by atoms with Crippen LogP contribution in [0.2, 0.25) is 0 Å². The van der Waals surface area contributed by atoms with Crippen molar-refractivity contribution in [3.8, 4) is 23.0 Å². The molecule has 3 aliphatic heterocycles. The number of carbonyl (C=O) groups is 3. The number of fused-ring (bicyclic) bond motifs is 14. The number of oxime groups is 1. The van der Waals surface area contributed by atoms with Crippen LogP contribution < -0.4 is 10.1 Å². The molecule has 9 atom stereocenters. The summed E-state index contributed by atoms with van der Waals surface area (Å²) in [5.41, 5.74) is -0.610. The topological polar surface area (TPSA) is 223 Å². The number of phenols is 3. The molecule has 5 bridgehead atoms. The van der Waals surface area contributed by atoms with Gasteiger partial charge >= 0.3 is 11.8 Å². The van der Waals surface area contributed by atoms with Gasteiger partial charge in [-0.3, -0.25) is 14.4 Å². The molecule has 0 aliphatic carbocycles. The Hall–Kier alpha value is -5.38. The number of anilines is 1. The number of benzene rings is 2. The van der Waals surface area contributed by atoms with E-state index in [-0.39, 0.29) is 51.1 Å². The fraction of sp³-hybridized carbons (Fsp3) is 0.500. The fourth-order valence-electron chi connectivity index (χ4n) is 7.47. The van der Waals surface area contributed by atoms with E-state index < -0.39 is 88.8 Å². The van der Waals surface area contributed by atoms with Crippen LogP contribution in [0, 0.1) is 30.6 Å². The lowest BCUT2D eigenvalue weighted by molar-refractivity contribution is -0.160. The first-order valence-electron chi connectivity index (χ1n) is 19.7. The summed E-state index contributed by atoms with van der Waals surface area (Å²) in [5, 5.41) is 64.0. The smallest absolute Gasteiger partial charge is 0.312 e. The molecule has 6 N–H and O–H groups in total. The van der Waals surface area contributed by atoms with Gasteiger partial charge in [-0.2, -0.15) is 0 Å². The minimum atomic E-state index is -2.06. The second kappa shape index (κ2) is 19.6. The van der Waals surface area contributed by atoms with Crippen LogP contribution in [0.15, 0.2) is 53.9 Å². The fourth-order valence-corrected chi connectivity index (χ4v) is 7.47.